The highest BCUT2D eigenvalue weighted by Crippen LogP contribution is 2.42. The van der Waals surface area contributed by atoms with E-state index in [0.29, 0.717) is 40.1 Å². The molecule has 0 spiro atoms. The number of fused-ring (bicyclic) bond motifs is 2. The van der Waals surface area contributed by atoms with Crippen molar-refractivity contribution < 1.29 is 28.5 Å². The van der Waals surface area contributed by atoms with E-state index >= 15 is 0 Å². The summed E-state index contributed by atoms with van der Waals surface area (Å²) in [6.45, 7) is 2.87. The topological polar surface area (TPSA) is 95.7 Å². The number of carbonyl (C=O) groups is 1. The number of hydrogen-bond donors (Lipinski definition) is 1. The number of halogens is 1. The summed E-state index contributed by atoms with van der Waals surface area (Å²) in [7, 11) is 2.92. The Hall–Kier alpha value is -4.18. The van der Waals surface area contributed by atoms with Crippen molar-refractivity contribution in [2.24, 2.45) is 0 Å². The molecule has 0 aliphatic heterocycles. The van der Waals surface area contributed by atoms with Crippen LogP contribution >= 0.6 is 11.7 Å². The molecule has 10 heteroatoms. The molecule has 0 aliphatic carbocycles. The summed E-state index contributed by atoms with van der Waals surface area (Å²) in [5.74, 6) is -0.665. The second kappa shape index (κ2) is 11.3. The maximum absolute atomic E-state index is 14.8. The number of aromatic carboxylic acids is 1. The molecule has 5 aromatic rings. The molecule has 8 nitrogen and oxygen atoms in total. The second-order valence-corrected chi connectivity index (χ2v) is 9.66. The standard InChI is InChI=1S/C29H28FN3O5S/c1-4-5-6-11-38-26-15-23-19(14-25(26)37-3)27(18-8-10-24(36-2)20(30)13-18)28(29(34)35)33(23)16-17-7-9-21-22(12-17)32-39-31-21/h7-10,12-15H,4-6,11,16H2,1-3H3,(H,34,35). The highest BCUT2D eigenvalue weighted by atomic mass is 32.1. The van der Waals surface area contributed by atoms with E-state index in [0.717, 1.165) is 47.6 Å². The molecule has 0 aliphatic rings. The first-order valence-electron chi connectivity index (χ1n) is 12.6. The van der Waals surface area contributed by atoms with Crippen LogP contribution in [0, 0.1) is 5.82 Å². The third-order valence-electron chi connectivity index (χ3n) is 6.66. The lowest BCUT2D eigenvalue weighted by atomic mass is 10.0. The number of nitrogens with zero attached hydrogens (tertiary/aromatic N) is 3. The van der Waals surface area contributed by atoms with Crippen LogP contribution in [0.25, 0.3) is 33.1 Å². The van der Waals surface area contributed by atoms with Crippen LogP contribution in [0.1, 0.15) is 42.2 Å². The lowest BCUT2D eigenvalue weighted by molar-refractivity contribution is 0.0687. The van der Waals surface area contributed by atoms with E-state index in [2.05, 4.69) is 15.7 Å². The molecule has 0 unspecified atom stereocenters. The van der Waals surface area contributed by atoms with Crippen molar-refractivity contribution in [3.8, 4) is 28.4 Å². The minimum absolute atomic E-state index is 0.0243. The van der Waals surface area contributed by atoms with E-state index in [1.54, 1.807) is 29.9 Å². The zero-order chi connectivity index (χ0) is 27.5. The lowest BCUT2D eigenvalue weighted by Gasteiger charge is -2.13. The summed E-state index contributed by atoms with van der Waals surface area (Å²) >= 11 is 1.12. The van der Waals surface area contributed by atoms with Crippen LogP contribution in [0.4, 0.5) is 4.39 Å². The molecule has 2 heterocycles. The highest BCUT2D eigenvalue weighted by molar-refractivity contribution is 7.00. The lowest BCUT2D eigenvalue weighted by Crippen LogP contribution is -2.11. The van der Waals surface area contributed by atoms with Gasteiger partial charge in [0.05, 0.1) is 38.1 Å². The van der Waals surface area contributed by atoms with Crippen LogP contribution in [-0.4, -0.2) is 45.2 Å². The van der Waals surface area contributed by atoms with Crippen LogP contribution in [-0.2, 0) is 6.54 Å². The predicted molar refractivity (Wildman–Crippen MR) is 149 cm³/mol. The van der Waals surface area contributed by atoms with Gasteiger partial charge in [-0.15, -0.1) is 0 Å². The van der Waals surface area contributed by atoms with Crippen molar-refractivity contribution in [3.63, 3.8) is 0 Å². The van der Waals surface area contributed by atoms with Gasteiger partial charge in [-0.1, -0.05) is 31.9 Å². The first-order valence-corrected chi connectivity index (χ1v) is 13.3. The van der Waals surface area contributed by atoms with Gasteiger partial charge in [0, 0.05) is 23.6 Å². The highest BCUT2D eigenvalue weighted by Gasteiger charge is 2.26. The smallest absolute Gasteiger partial charge is 0.353 e. The molecule has 0 bridgehead atoms. The number of methoxy groups -OCH3 is 2. The quantitative estimate of drug-likeness (QED) is 0.181. The van der Waals surface area contributed by atoms with Crippen molar-refractivity contribution in [2.45, 2.75) is 32.7 Å². The third kappa shape index (κ3) is 5.12. The Labute approximate surface area is 228 Å². The fourth-order valence-corrected chi connectivity index (χ4v) is 5.29. The predicted octanol–water partition coefficient (Wildman–Crippen LogP) is 6.78. The summed E-state index contributed by atoms with van der Waals surface area (Å²) in [6, 6.07) is 13.7. The Bertz CT molecular complexity index is 1660. The van der Waals surface area contributed by atoms with E-state index < -0.39 is 11.8 Å². The normalized spacial score (nSPS) is 11.3. The molecule has 0 radical (unpaired) electrons. The van der Waals surface area contributed by atoms with Gasteiger partial charge in [-0.05, 0) is 47.9 Å². The van der Waals surface area contributed by atoms with Gasteiger partial charge >= 0.3 is 5.97 Å². The van der Waals surface area contributed by atoms with E-state index in [9.17, 15) is 14.3 Å². The van der Waals surface area contributed by atoms with Crippen molar-refractivity contribution >= 4 is 39.6 Å². The third-order valence-corrected chi connectivity index (χ3v) is 7.21. The Morgan fingerprint density at radius 2 is 1.77 bits per heavy atom. The largest absolute Gasteiger partial charge is 0.494 e. The number of rotatable bonds is 11. The second-order valence-electron chi connectivity index (χ2n) is 9.13. The summed E-state index contributed by atoms with van der Waals surface area (Å²) in [5, 5.41) is 11.1. The number of ether oxygens (including phenoxy) is 3. The number of carboxylic acids is 1. The molecule has 0 saturated carbocycles. The molecule has 0 saturated heterocycles. The molecule has 1 N–H and O–H groups in total. The van der Waals surface area contributed by atoms with Crippen molar-refractivity contribution in [1.29, 1.82) is 0 Å². The fourth-order valence-electron chi connectivity index (χ4n) is 4.77. The molecular weight excluding hydrogens is 521 g/mol. The minimum atomic E-state index is -1.14. The molecular formula is C29H28FN3O5S. The first-order chi connectivity index (χ1) is 18.9. The van der Waals surface area contributed by atoms with Gasteiger partial charge < -0.3 is 23.9 Å². The van der Waals surface area contributed by atoms with Crippen LogP contribution in [0.2, 0.25) is 0 Å². The number of aromatic nitrogens is 3. The fraction of sp³-hybridized carbons (Fsp3) is 0.276. The molecule has 202 valence electrons. The maximum atomic E-state index is 14.8. The molecule has 3 aromatic carbocycles. The Morgan fingerprint density at radius 1 is 0.974 bits per heavy atom. The molecule has 0 atom stereocenters. The van der Waals surface area contributed by atoms with Gasteiger partial charge in [0.2, 0.25) is 0 Å². The average molecular weight is 550 g/mol. The van der Waals surface area contributed by atoms with Crippen molar-refractivity contribution in [3.05, 3.63) is 65.6 Å². The molecule has 0 fully saturated rings. The van der Waals surface area contributed by atoms with Crippen LogP contribution in [0.15, 0.2) is 48.5 Å². The van der Waals surface area contributed by atoms with Crippen LogP contribution < -0.4 is 14.2 Å². The van der Waals surface area contributed by atoms with Gasteiger partial charge in [0.15, 0.2) is 23.1 Å². The van der Waals surface area contributed by atoms with Crippen LogP contribution in [0.3, 0.4) is 0 Å². The minimum Gasteiger partial charge on any atom is -0.494 e. The van der Waals surface area contributed by atoms with E-state index in [1.807, 2.05) is 18.2 Å². The summed E-state index contributed by atoms with van der Waals surface area (Å²) in [5.41, 5.74) is 3.81. The number of unbranched alkanes of at least 4 members (excludes halogenated alkanes) is 2. The number of hydrogen-bond acceptors (Lipinski definition) is 7. The SMILES string of the molecule is CCCCCOc1cc2c(cc1OC)c(-c1ccc(OC)c(F)c1)c(C(=O)O)n2Cc1ccc2nsnc2c1. The molecule has 39 heavy (non-hydrogen) atoms. The van der Waals surface area contributed by atoms with Gasteiger partial charge in [-0.25, -0.2) is 9.18 Å². The number of benzene rings is 3. The van der Waals surface area contributed by atoms with Crippen LogP contribution in [0.5, 0.6) is 17.2 Å². The van der Waals surface area contributed by atoms with E-state index in [4.69, 9.17) is 14.2 Å². The van der Waals surface area contributed by atoms with Crippen molar-refractivity contribution in [1.82, 2.24) is 13.3 Å². The van der Waals surface area contributed by atoms with Gasteiger partial charge in [-0.2, -0.15) is 8.75 Å². The average Bonchev–Trinajstić information content (AvgIpc) is 3.52. The zero-order valence-corrected chi connectivity index (χ0v) is 22.7. The van der Waals surface area contributed by atoms with Crippen molar-refractivity contribution in [2.75, 3.05) is 20.8 Å². The van der Waals surface area contributed by atoms with E-state index in [-0.39, 0.29) is 18.0 Å². The maximum Gasteiger partial charge on any atom is 0.353 e. The number of carboxylic acid groups (broad SMARTS) is 1. The zero-order valence-electron chi connectivity index (χ0n) is 21.9. The summed E-state index contributed by atoms with van der Waals surface area (Å²) in [6.07, 6.45) is 2.98. The summed E-state index contributed by atoms with van der Waals surface area (Å²) < 4.78 is 41.9. The summed E-state index contributed by atoms with van der Waals surface area (Å²) in [4.78, 5) is 12.8. The Morgan fingerprint density at radius 3 is 2.49 bits per heavy atom. The Kier molecular flexibility index (Phi) is 7.65. The molecule has 2 aromatic heterocycles. The van der Waals surface area contributed by atoms with E-state index in [1.165, 1.54) is 19.2 Å². The van der Waals surface area contributed by atoms with Gasteiger partial charge in [-0.3, -0.25) is 0 Å². The van der Waals surface area contributed by atoms with Gasteiger partial charge in [0.1, 0.15) is 16.7 Å². The van der Waals surface area contributed by atoms with Gasteiger partial charge in [0.25, 0.3) is 0 Å². The first kappa shape index (κ1) is 26.4. The molecule has 5 rings (SSSR count). The monoisotopic (exact) mass is 549 g/mol. The molecule has 0 amide bonds. The Balaban J connectivity index is 1.74.